The van der Waals surface area contributed by atoms with Crippen molar-refractivity contribution in [2.45, 2.75) is 45.1 Å². The third-order valence-corrected chi connectivity index (χ3v) is 5.85. The van der Waals surface area contributed by atoms with Gasteiger partial charge in [0.1, 0.15) is 0 Å². The number of unbranched alkanes of at least 4 members (excludes halogenated alkanes) is 2. The third-order valence-electron chi connectivity index (χ3n) is 5.59. The van der Waals surface area contributed by atoms with Crippen LogP contribution in [0.1, 0.15) is 49.9 Å². The molecule has 6 nitrogen and oxygen atoms in total. The van der Waals surface area contributed by atoms with Gasteiger partial charge in [0.25, 0.3) is 0 Å². The molecule has 2 aromatic carbocycles. The van der Waals surface area contributed by atoms with Crippen molar-refractivity contribution in [3.05, 3.63) is 76.9 Å². The number of benzene rings is 2. The maximum Gasteiger partial charge on any atom is 0.224 e. The summed E-state index contributed by atoms with van der Waals surface area (Å²) in [6.07, 6.45) is 4.11. The minimum absolute atomic E-state index is 0.00442. The van der Waals surface area contributed by atoms with Crippen molar-refractivity contribution in [3.63, 3.8) is 0 Å². The molecular formula is C26H31ClN4O2. The molecule has 1 atom stereocenters. The quantitative estimate of drug-likeness (QED) is 0.383. The molecule has 33 heavy (non-hydrogen) atoms. The monoisotopic (exact) mass is 466 g/mol. The van der Waals surface area contributed by atoms with Gasteiger partial charge in [-0.25, -0.2) is 0 Å². The first-order valence-corrected chi connectivity index (χ1v) is 11.7. The summed E-state index contributed by atoms with van der Waals surface area (Å²) < 4.78 is 0. The van der Waals surface area contributed by atoms with E-state index in [0.717, 1.165) is 48.2 Å². The molecule has 2 N–H and O–H groups in total. The van der Waals surface area contributed by atoms with Gasteiger partial charge in [-0.05, 0) is 43.0 Å². The number of hydrogen-bond donors (Lipinski definition) is 2. The standard InChI is InChI=1S/C26H31ClN4O2/c1-19(32)28-24(21-12-14-22(27)15-13-21)18-26(33)31(2)16-8-4-7-11-23-17-25(30-29-23)20-9-5-3-6-10-20/h3,5-6,9-10,12-15,17,24H,4,7-8,11,16,18H2,1-2H3,(H,28,32)(H,29,30). The SMILES string of the molecule is CC(=O)NC(CC(=O)N(C)CCCCCc1cc(-c2ccccc2)n[nH]1)c1ccc(Cl)cc1. The lowest BCUT2D eigenvalue weighted by atomic mass is 10.0. The van der Waals surface area contributed by atoms with Crippen LogP contribution < -0.4 is 5.32 Å². The molecule has 174 valence electrons. The second-order valence-electron chi connectivity index (χ2n) is 8.28. The Morgan fingerprint density at radius 1 is 1.06 bits per heavy atom. The van der Waals surface area contributed by atoms with E-state index >= 15 is 0 Å². The number of nitrogens with zero attached hydrogens (tertiary/aromatic N) is 2. The number of carbonyl (C=O) groups excluding carboxylic acids is 2. The first kappa shape index (κ1) is 24.5. The van der Waals surface area contributed by atoms with Gasteiger partial charge in [-0.1, -0.05) is 60.5 Å². The summed E-state index contributed by atoms with van der Waals surface area (Å²) in [6, 6.07) is 19.1. The fourth-order valence-corrected chi connectivity index (χ4v) is 3.86. The highest BCUT2D eigenvalue weighted by Crippen LogP contribution is 2.21. The van der Waals surface area contributed by atoms with Crippen molar-refractivity contribution in [2.24, 2.45) is 0 Å². The van der Waals surface area contributed by atoms with E-state index in [4.69, 9.17) is 11.6 Å². The maximum absolute atomic E-state index is 12.7. The molecule has 0 fully saturated rings. The number of H-pyrrole nitrogens is 1. The molecule has 1 aromatic heterocycles. The zero-order valence-corrected chi connectivity index (χ0v) is 19.9. The van der Waals surface area contributed by atoms with Crippen LogP contribution in [0.2, 0.25) is 5.02 Å². The van der Waals surface area contributed by atoms with Crippen molar-refractivity contribution >= 4 is 23.4 Å². The molecular weight excluding hydrogens is 436 g/mol. The van der Waals surface area contributed by atoms with Crippen LogP contribution in [0.3, 0.4) is 0 Å². The average Bonchev–Trinajstić information content (AvgIpc) is 3.28. The molecule has 0 radical (unpaired) electrons. The van der Waals surface area contributed by atoms with Crippen molar-refractivity contribution in [1.29, 1.82) is 0 Å². The van der Waals surface area contributed by atoms with Crippen LogP contribution in [0.4, 0.5) is 0 Å². The van der Waals surface area contributed by atoms with Crippen LogP contribution in [0.5, 0.6) is 0 Å². The predicted molar refractivity (Wildman–Crippen MR) is 132 cm³/mol. The van der Waals surface area contributed by atoms with E-state index in [-0.39, 0.29) is 24.3 Å². The molecule has 0 aliphatic heterocycles. The van der Waals surface area contributed by atoms with E-state index in [2.05, 4.69) is 33.7 Å². The lowest BCUT2D eigenvalue weighted by Gasteiger charge is -2.22. The Balaban J connectivity index is 1.41. The maximum atomic E-state index is 12.7. The van der Waals surface area contributed by atoms with E-state index in [0.29, 0.717) is 11.6 Å². The van der Waals surface area contributed by atoms with Gasteiger partial charge in [0.2, 0.25) is 11.8 Å². The van der Waals surface area contributed by atoms with E-state index in [1.165, 1.54) is 6.92 Å². The molecule has 0 spiro atoms. The van der Waals surface area contributed by atoms with Crippen LogP contribution in [0, 0.1) is 0 Å². The van der Waals surface area contributed by atoms with Crippen LogP contribution in [-0.2, 0) is 16.0 Å². The zero-order chi connectivity index (χ0) is 23.6. The molecule has 0 bridgehead atoms. The average molecular weight is 467 g/mol. The lowest BCUT2D eigenvalue weighted by Crippen LogP contribution is -2.34. The van der Waals surface area contributed by atoms with E-state index in [1.807, 2.05) is 37.4 Å². The predicted octanol–water partition coefficient (Wildman–Crippen LogP) is 5.17. The number of carbonyl (C=O) groups is 2. The summed E-state index contributed by atoms with van der Waals surface area (Å²) >= 11 is 5.96. The molecule has 1 unspecified atom stereocenters. The lowest BCUT2D eigenvalue weighted by molar-refractivity contribution is -0.130. The molecule has 1 heterocycles. The number of hydrogen-bond acceptors (Lipinski definition) is 3. The summed E-state index contributed by atoms with van der Waals surface area (Å²) in [5.41, 5.74) is 4.06. The Kier molecular flexibility index (Phi) is 9.07. The third kappa shape index (κ3) is 7.75. The number of aryl methyl sites for hydroxylation is 1. The van der Waals surface area contributed by atoms with E-state index < -0.39 is 0 Å². The highest BCUT2D eigenvalue weighted by atomic mass is 35.5. The van der Waals surface area contributed by atoms with Crippen LogP contribution >= 0.6 is 11.6 Å². The summed E-state index contributed by atoms with van der Waals surface area (Å²) in [4.78, 5) is 26.1. The van der Waals surface area contributed by atoms with Gasteiger partial charge in [-0.15, -0.1) is 0 Å². The number of amides is 2. The second kappa shape index (κ2) is 12.2. The number of aromatic nitrogens is 2. The molecule has 0 saturated carbocycles. The summed E-state index contributed by atoms with van der Waals surface area (Å²) in [6.45, 7) is 2.14. The van der Waals surface area contributed by atoms with Gasteiger partial charge in [-0.2, -0.15) is 5.10 Å². The zero-order valence-electron chi connectivity index (χ0n) is 19.2. The van der Waals surface area contributed by atoms with Crippen LogP contribution in [0.15, 0.2) is 60.7 Å². The molecule has 0 aliphatic carbocycles. The fraction of sp³-hybridized carbons (Fsp3) is 0.346. The summed E-state index contributed by atoms with van der Waals surface area (Å²) in [5.74, 6) is -0.163. The Bertz CT molecular complexity index is 1030. The topological polar surface area (TPSA) is 78.1 Å². The van der Waals surface area contributed by atoms with E-state index in [9.17, 15) is 9.59 Å². The highest BCUT2D eigenvalue weighted by Gasteiger charge is 2.19. The Labute approximate surface area is 200 Å². The van der Waals surface area contributed by atoms with Crippen molar-refractivity contribution < 1.29 is 9.59 Å². The van der Waals surface area contributed by atoms with Gasteiger partial charge in [0, 0.05) is 36.8 Å². The van der Waals surface area contributed by atoms with E-state index in [1.54, 1.807) is 17.0 Å². The molecule has 0 aliphatic rings. The molecule has 2 amide bonds. The van der Waals surface area contributed by atoms with Crippen molar-refractivity contribution in [2.75, 3.05) is 13.6 Å². The minimum atomic E-state index is -0.367. The van der Waals surface area contributed by atoms with Crippen molar-refractivity contribution in [1.82, 2.24) is 20.4 Å². The summed E-state index contributed by atoms with van der Waals surface area (Å²) in [7, 11) is 1.82. The van der Waals surface area contributed by atoms with Crippen LogP contribution in [0.25, 0.3) is 11.3 Å². The first-order chi connectivity index (χ1) is 15.9. The smallest absolute Gasteiger partial charge is 0.224 e. The number of aromatic amines is 1. The Hall–Kier alpha value is -3.12. The van der Waals surface area contributed by atoms with Crippen molar-refractivity contribution in [3.8, 4) is 11.3 Å². The molecule has 7 heteroatoms. The van der Waals surface area contributed by atoms with Gasteiger partial charge in [0.05, 0.1) is 18.2 Å². The Morgan fingerprint density at radius 2 is 1.79 bits per heavy atom. The minimum Gasteiger partial charge on any atom is -0.349 e. The second-order valence-corrected chi connectivity index (χ2v) is 8.72. The van der Waals surface area contributed by atoms with Gasteiger partial charge in [0.15, 0.2) is 0 Å². The summed E-state index contributed by atoms with van der Waals surface area (Å²) in [5, 5.41) is 11.0. The molecule has 0 saturated heterocycles. The van der Waals surface area contributed by atoms with Crippen LogP contribution in [-0.4, -0.2) is 40.5 Å². The van der Waals surface area contributed by atoms with Gasteiger partial charge < -0.3 is 10.2 Å². The molecule has 3 rings (SSSR count). The largest absolute Gasteiger partial charge is 0.349 e. The number of rotatable bonds is 11. The van der Waals surface area contributed by atoms with Gasteiger partial charge in [-0.3, -0.25) is 14.7 Å². The van der Waals surface area contributed by atoms with Gasteiger partial charge >= 0.3 is 0 Å². The Morgan fingerprint density at radius 3 is 2.48 bits per heavy atom. The first-order valence-electron chi connectivity index (χ1n) is 11.3. The fourth-order valence-electron chi connectivity index (χ4n) is 3.74. The highest BCUT2D eigenvalue weighted by molar-refractivity contribution is 6.30. The number of halogens is 1. The normalized spacial score (nSPS) is 11.7. The number of nitrogens with one attached hydrogen (secondary N) is 2. The molecule has 3 aromatic rings.